The fourth-order valence-electron chi connectivity index (χ4n) is 1.22. The zero-order valence-corrected chi connectivity index (χ0v) is 7.81. The molecule has 0 aliphatic carbocycles. The molecule has 2 aromatic rings. The van der Waals surface area contributed by atoms with Gasteiger partial charge in [-0.1, -0.05) is 17.7 Å². The first-order valence-corrected chi connectivity index (χ1v) is 4.33. The van der Waals surface area contributed by atoms with Gasteiger partial charge in [-0.3, -0.25) is 9.97 Å². The van der Waals surface area contributed by atoms with E-state index in [9.17, 15) is 0 Å². The van der Waals surface area contributed by atoms with Crippen LogP contribution < -0.4 is 5.46 Å². The van der Waals surface area contributed by atoms with E-state index in [0.29, 0.717) is 11.0 Å². The molecule has 0 saturated carbocycles. The molecule has 1 aromatic heterocycles. The molecule has 0 amide bonds. The predicted molar refractivity (Wildman–Crippen MR) is 54.4 cm³/mol. The zero-order valence-electron chi connectivity index (χ0n) is 7.05. The maximum absolute atomic E-state index is 8.99. The van der Waals surface area contributed by atoms with Gasteiger partial charge in [-0.05, 0) is 6.07 Å². The molecule has 1 aromatic carbocycles. The van der Waals surface area contributed by atoms with Crippen molar-refractivity contribution in [3.05, 3.63) is 29.5 Å². The van der Waals surface area contributed by atoms with E-state index in [1.807, 2.05) is 0 Å². The quantitative estimate of drug-likeness (QED) is 0.646. The Morgan fingerprint density at radius 1 is 1.14 bits per heavy atom. The van der Waals surface area contributed by atoms with Crippen LogP contribution in [0.2, 0.25) is 5.02 Å². The Hall–Kier alpha value is -1.17. The summed E-state index contributed by atoms with van der Waals surface area (Å²) in [7, 11) is -1.59. The summed E-state index contributed by atoms with van der Waals surface area (Å²) in [4.78, 5) is 8.04. The molecular weight excluding hydrogens is 202 g/mol. The van der Waals surface area contributed by atoms with Crippen molar-refractivity contribution in [2.45, 2.75) is 0 Å². The van der Waals surface area contributed by atoms with Gasteiger partial charge in [0.15, 0.2) is 0 Å². The number of benzene rings is 1. The van der Waals surface area contributed by atoms with E-state index in [2.05, 4.69) is 9.97 Å². The first kappa shape index (κ1) is 9.39. The summed E-state index contributed by atoms with van der Waals surface area (Å²) in [5.74, 6) is 0. The molecule has 70 valence electrons. The summed E-state index contributed by atoms with van der Waals surface area (Å²) >= 11 is 5.91. The summed E-state index contributed by atoms with van der Waals surface area (Å²) in [6.07, 6.45) is 3.05. The lowest BCUT2D eigenvalue weighted by Gasteiger charge is -2.04. The first-order valence-electron chi connectivity index (χ1n) is 3.95. The van der Waals surface area contributed by atoms with Gasteiger partial charge in [0.2, 0.25) is 0 Å². The van der Waals surface area contributed by atoms with Gasteiger partial charge in [0, 0.05) is 17.9 Å². The highest BCUT2D eigenvalue weighted by Gasteiger charge is 2.17. The van der Waals surface area contributed by atoms with Crippen molar-refractivity contribution in [1.82, 2.24) is 9.97 Å². The second-order valence-electron chi connectivity index (χ2n) is 2.77. The Kier molecular flexibility index (Phi) is 2.37. The summed E-state index contributed by atoms with van der Waals surface area (Å²) in [6.45, 7) is 0. The van der Waals surface area contributed by atoms with E-state index in [4.69, 9.17) is 21.6 Å². The maximum Gasteiger partial charge on any atom is 0.490 e. The van der Waals surface area contributed by atoms with E-state index >= 15 is 0 Å². The van der Waals surface area contributed by atoms with Gasteiger partial charge in [0.1, 0.15) is 5.52 Å². The minimum Gasteiger partial charge on any atom is -0.423 e. The molecule has 0 unspecified atom stereocenters. The molecule has 0 aliphatic heterocycles. The van der Waals surface area contributed by atoms with Crippen LogP contribution in [-0.4, -0.2) is 27.1 Å². The molecule has 0 atom stereocenters. The Morgan fingerprint density at radius 2 is 1.86 bits per heavy atom. The lowest BCUT2D eigenvalue weighted by molar-refractivity contribution is 0.426. The third-order valence-corrected chi connectivity index (χ3v) is 2.28. The van der Waals surface area contributed by atoms with Crippen molar-refractivity contribution in [3.63, 3.8) is 0 Å². The monoisotopic (exact) mass is 208 g/mol. The molecule has 0 radical (unpaired) electrons. The van der Waals surface area contributed by atoms with Crippen LogP contribution in [0.4, 0.5) is 0 Å². The number of nitrogens with zero attached hydrogens (tertiary/aromatic N) is 2. The smallest absolute Gasteiger partial charge is 0.423 e. The van der Waals surface area contributed by atoms with Crippen molar-refractivity contribution < 1.29 is 10.0 Å². The number of rotatable bonds is 1. The normalized spacial score (nSPS) is 10.5. The maximum atomic E-state index is 8.99. The standard InChI is InChI=1S/C8H6BClN2O2/c10-7-5(9(13)14)1-2-6-8(7)12-4-3-11-6/h1-4,13-14H. The molecule has 2 N–H and O–H groups in total. The van der Waals surface area contributed by atoms with Crippen molar-refractivity contribution >= 4 is 35.2 Å². The second kappa shape index (κ2) is 3.53. The first-order chi connectivity index (χ1) is 6.70. The van der Waals surface area contributed by atoms with E-state index in [-0.39, 0.29) is 10.5 Å². The number of hydrogen-bond donors (Lipinski definition) is 2. The van der Waals surface area contributed by atoms with E-state index in [0.717, 1.165) is 0 Å². The largest absolute Gasteiger partial charge is 0.490 e. The average Bonchev–Trinajstić information content (AvgIpc) is 2.18. The fraction of sp³-hybridized carbons (Fsp3) is 0. The summed E-state index contributed by atoms with van der Waals surface area (Å²) in [6, 6.07) is 3.16. The van der Waals surface area contributed by atoms with Crippen LogP contribution in [0.3, 0.4) is 0 Å². The van der Waals surface area contributed by atoms with Crippen LogP contribution in [-0.2, 0) is 0 Å². The van der Waals surface area contributed by atoms with Crippen LogP contribution in [0.15, 0.2) is 24.5 Å². The number of halogens is 1. The molecular formula is C8H6BClN2O2. The van der Waals surface area contributed by atoms with Crippen molar-refractivity contribution in [3.8, 4) is 0 Å². The zero-order chi connectivity index (χ0) is 10.1. The molecule has 1 heterocycles. The lowest BCUT2D eigenvalue weighted by atomic mass is 9.80. The molecule has 0 bridgehead atoms. The predicted octanol–water partition coefficient (Wildman–Crippen LogP) is -0.0370. The average molecular weight is 208 g/mol. The lowest BCUT2D eigenvalue weighted by Crippen LogP contribution is -2.30. The van der Waals surface area contributed by atoms with Crippen molar-refractivity contribution in [1.29, 1.82) is 0 Å². The molecule has 14 heavy (non-hydrogen) atoms. The van der Waals surface area contributed by atoms with Crippen LogP contribution in [0.25, 0.3) is 11.0 Å². The van der Waals surface area contributed by atoms with Crippen LogP contribution >= 0.6 is 11.6 Å². The molecule has 0 spiro atoms. The van der Waals surface area contributed by atoms with Gasteiger partial charge in [0.05, 0.1) is 10.5 Å². The Morgan fingerprint density at radius 3 is 2.57 bits per heavy atom. The molecule has 0 aliphatic rings. The van der Waals surface area contributed by atoms with E-state index < -0.39 is 7.12 Å². The molecule has 6 heteroatoms. The Labute approximate surface area is 85.3 Å². The van der Waals surface area contributed by atoms with Gasteiger partial charge < -0.3 is 10.0 Å². The molecule has 2 rings (SSSR count). The summed E-state index contributed by atoms with van der Waals surface area (Å²) < 4.78 is 0. The van der Waals surface area contributed by atoms with Crippen molar-refractivity contribution in [2.75, 3.05) is 0 Å². The second-order valence-corrected chi connectivity index (χ2v) is 3.14. The van der Waals surface area contributed by atoms with Crippen LogP contribution in [0.1, 0.15) is 0 Å². The van der Waals surface area contributed by atoms with Crippen molar-refractivity contribution in [2.24, 2.45) is 0 Å². The van der Waals surface area contributed by atoms with Gasteiger partial charge >= 0.3 is 7.12 Å². The minimum absolute atomic E-state index is 0.227. The Balaban J connectivity index is 2.75. The summed E-state index contributed by atoms with van der Waals surface area (Å²) in [5, 5.41) is 18.2. The van der Waals surface area contributed by atoms with Crippen LogP contribution in [0.5, 0.6) is 0 Å². The van der Waals surface area contributed by atoms with Gasteiger partial charge in [-0.25, -0.2) is 0 Å². The Bertz CT molecular complexity index is 478. The number of aromatic nitrogens is 2. The topological polar surface area (TPSA) is 66.2 Å². The summed E-state index contributed by atoms with van der Waals surface area (Å²) in [5.41, 5.74) is 1.33. The van der Waals surface area contributed by atoms with E-state index in [1.54, 1.807) is 12.3 Å². The van der Waals surface area contributed by atoms with Gasteiger partial charge in [-0.2, -0.15) is 0 Å². The highest BCUT2D eigenvalue weighted by Crippen LogP contribution is 2.17. The number of fused-ring (bicyclic) bond motifs is 1. The highest BCUT2D eigenvalue weighted by molar-refractivity contribution is 6.63. The molecule has 0 saturated heterocycles. The third-order valence-electron chi connectivity index (χ3n) is 1.89. The minimum atomic E-state index is -1.59. The fourth-order valence-corrected chi connectivity index (χ4v) is 1.52. The van der Waals surface area contributed by atoms with Crippen LogP contribution in [0, 0.1) is 0 Å². The van der Waals surface area contributed by atoms with Gasteiger partial charge in [-0.15, -0.1) is 0 Å². The molecule has 4 nitrogen and oxygen atoms in total. The molecule has 0 fully saturated rings. The SMILES string of the molecule is OB(O)c1ccc2nccnc2c1Cl. The van der Waals surface area contributed by atoms with Gasteiger partial charge in [0.25, 0.3) is 0 Å². The number of hydrogen-bond acceptors (Lipinski definition) is 4. The van der Waals surface area contributed by atoms with E-state index in [1.165, 1.54) is 12.3 Å². The highest BCUT2D eigenvalue weighted by atomic mass is 35.5. The third kappa shape index (κ3) is 1.46.